The van der Waals surface area contributed by atoms with Crippen molar-refractivity contribution < 1.29 is 14.2 Å². The Hall–Kier alpha value is -2.15. The van der Waals surface area contributed by atoms with Crippen LogP contribution in [0.3, 0.4) is 0 Å². The highest BCUT2D eigenvalue weighted by atomic mass is 35.5. The number of aliphatic hydroxyl groups is 1. The van der Waals surface area contributed by atoms with Crippen LogP contribution in [0.1, 0.15) is 12.5 Å². The van der Waals surface area contributed by atoms with Crippen LogP contribution in [-0.2, 0) is 12.1 Å². The third-order valence-electron chi connectivity index (χ3n) is 3.98. The van der Waals surface area contributed by atoms with Crippen molar-refractivity contribution in [3.05, 3.63) is 70.7 Å². The van der Waals surface area contributed by atoms with Crippen LogP contribution < -0.4 is 4.74 Å². The molecule has 0 aliphatic heterocycles. The predicted molar refractivity (Wildman–Crippen MR) is 97.5 cm³/mol. The van der Waals surface area contributed by atoms with Crippen molar-refractivity contribution in [2.75, 3.05) is 0 Å². The molecule has 1 aromatic heterocycles. The van der Waals surface area contributed by atoms with E-state index in [4.69, 9.17) is 27.9 Å². The number of rotatable bonds is 6. The Balaban J connectivity index is 1.88. The molecule has 1 unspecified atom stereocenters. The van der Waals surface area contributed by atoms with E-state index in [1.165, 1.54) is 30.3 Å². The van der Waals surface area contributed by atoms with Crippen molar-refractivity contribution in [3.8, 4) is 11.5 Å². The average molecular weight is 396 g/mol. The van der Waals surface area contributed by atoms with E-state index >= 15 is 0 Å². The van der Waals surface area contributed by atoms with Gasteiger partial charge in [-0.05, 0) is 43.3 Å². The van der Waals surface area contributed by atoms with Crippen LogP contribution in [-0.4, -0.2) is 26.0 Å². The van der Waals surface area contributed by atoms with Gasteiger partial charge in [0.05, 0.1) is 11.6 Å². The molecule has 3 rings (SSSR count). The highest BCUT2D eigenvalue weighted by Crippen LogP contribution is 2.37. The van der Waals surface area contributed by atoms with E-state index in [1.54, 1.807) is 36.4 Å². The summed E-state index contributed by atoms with van der Waals surface area (Å²) in [6, 6.07) is 11.5. The number of hydrogen-bond donors (Lipinski definition) is 1. The molecule has 1 N–H and O–H groups in total. The molecule has 0 aliphatic rings. The minimum atomic E-state index is -1.86. The smallest absolute Gasteiger partial charge is 0.141 e. The van der Waals surface area contributed by atoms with Gasteiger partial charge in [0.2, 0.25) is 0 Å². The minimum Gasteiger partial charge on any atom is -0.457 e. The Labute approximate surface area is 160 Å². The van der Waals surface area contributed by atoms with E-state index in [1.807, 2.05) is 0 Å². The van der Waals surface area contributed by atoms with Gasteiger partial charge < -0.3 is 9.84 Å². The molecule has 0 amide bonds. The fraction of sp³-hybridized carbons (Fsp3) is 0.222. The lowest BCUT2D eigenvalue weighted by Gasteiger charge is -2.31. The highest BCUT2D eigenvalue weighted by molar-refractivity contribution is 6.31. The second-order valence-electron chi connectivity index (χ2n) is 5.83. The quantitative estimate of drug-likeness (QED) is 0.661. The van der Waals surface area contributed by atoms with Crippen LogP contribution in [0.25, 0.3) is 0 Å². The normalized spacial score (nSPS) is 14.7. The first-order chi connectivity index (χ1) is 12.4. The van der Waals surface area contributed by atoms with Gasteiger partial charge in [-0.2, -0.15) is 5.10 Å². The largest absolute Gasteiger partial charge is 0.457 e. The molecule has 0 radical (unpaired) electrons. The summed E-state index contributed by atoms with van der Waals surface area (Å²) in [7, 11) is 0. The molecule has 2 aromatic carbocycles. The van der Waals surface area contributed by atoms with Crippen molar-refractivity contribution in [3.63, 3.8) is 0 Å². The maximum absolute atomic E-state index is 14.3. The SMILES string of the molecule is C[C@@H](F)C(O)(Cn1cncn1)c1ccc(Oc2ccc(Cl)cc2)cc1Cl. The standard InChI is InChI=1S/C18H16Cl2FN3O2/c1-12(21)18(25,9-24-11-22-10-23-24)16-7-6-15(8-17(16)20)26-14-4-2-13(19)3-5-14/h2-8,10-12,25H,9H2,1H3/t12-,18?/m1/s1. The summed E-state index contributed by atoms with van der Waals surface area (Å²) in [4.78, 5) is 3.80. The molecule has 3 aromatic rings. The number of hydrogen-bond acceptors (Lipinski definition) is 4. The lowest BCUT2D eigenvalue weighted by molar-refractivity contribution is -0.0498. The fourth-order valence-corrected chi connectivity index (χ4v) is 3.00. The molecule has 0 aliphatic carbocycles. The third kappa shape index (κ3) is 3.98. The van der Waals surface area contributed by atoms with Crippen LogP contribution in [0, 0.1) is 0 Å². The third-order valence-corrected chi connectivity index (χ3v) is 4.55. The Kier molecular flexibility index (Phi) is 5.46. The molecule has 2 atom stereocenters. The van der Waals surface area contributed by atoms with Crippen molar-refractivity contribution in [2.24, 2.45) is 0 Å². The molecular weight excluding hydrogens is 380 g/mol. The van der Waals surface area contributed by atoms with Gasteiger partial charge in [0.1, 0.15) is 35.9 Å². The Bertz CT molecular complexity index is 873. The lowest BCUT2D eigenvalue weighted by atomic mass is 9.89. The summed E-state index contributed by atoms with van der Waals surface area (Å²) in [5.74, 6) is 1.03. The average Bonchev–Trinajstić information content (AvgIpc) is 3.09. The number of benzene rings is 2. The van der Waals surface area contributed by atoms with Gasteiger partial charge in [0.25, 0.3) is 0 Å². The van der Waals surface area contributed by atoms with Crippen molar-refractivity contribution in [1.29, 1.82) is 0 Å². The van der Waals surface area contributed by atoms with E-state index in [-0.39, 0.29) is 17.1 Å². The first-order valence-electron chi connectivity index (χ1n) is 7.81. The van der Waals surface area contributed by atoms with Crippen molar-refractivity contribution in [1.82, 2.24) is 14.8 Å². The van der Waals surface area contributed by atoms with E-state index in [9.17, 15) is 9.50 Å². The summed E-state index contributed by atoms with van der Waals surface area (Å²) >= 11 is 12.2. The van der Waals surface area contributed by atoms with E-state index in [0.717, 1.165) is 0 Å². The molecular formula is C18H16Cl2FN3O2. The second kappa shape index (κ2) is 7.61. The number of nitrogens with zero attached hydrogens (tertiary/aromatic N) is 3. The molecule has 8 heteroatoms. The predicted octanol–water partition coefficient (Wildman–Crippen LogP) is 4.62. The Morgan fingerprint density at radius 2 is 1.88 bits per heavy atom. The van der Waals surface area contributed by atoms with Gasteiger partial charge >= 0.3 is 0 Å². The van der Waals surface area contributed by atoms with Gasteiger partial charge in [0.15, 0.2) is 0 Å². The zero-order valence-corrected chi connectivity index (χ0v) is 15.3. The fourth-order valence-electron chi connectivity index (χ4n) is 2.54. The van der Waals surface area contributed by atoms with Crippen LogP contribution in [0.15, 0.2) is 55.1 Å². The van der Waals surface area contributed by atoms with E-state index in [2.05, 4.69) is 10.1 Å². The van der Waals surface area contributed by atoms with Gasteiger partial charge in [-0.25, -0.2) is 14.1 Å². The van der Waals surface area contributed by atoms with Crippen LogP contribution in [0.5, 0.6) is 11.5 Å². The maximum atomic E-state index is 14.3. The number of halogens is 3. The Morgan fingerprint density at radius 3 is 2.46 bits per heavy atom. The minimum absolute atomic E-state index is 0.123. The van der Waals surface area contributed by atoms with E-state index < -0.39 is 11.8 Å². The molecule has 0 bridgehead atoms. The molecule has 0 saturated carbocycles. The molecule has 1 heterocycles. The van der Waals surface area contributed by atoms with E-state index in [0.29, 0.717) is 16.5 Å². The zero-order valence-electron chi connectivity index (χ0n) is 13.8. The molecule has 5 nitrogen and oxygen atoms in total. The van der Waals surface area contributed by atoms with Crippen molar-refractivity contribution in [2.45, 2.75) is 25.2 Å². The van der Waals surface area contributed by atoms with Crippen LogP contribution >= 0.6 is 23.2 Å². The first kappa shape index (κ1) is 18.6. The lowest BCUT2D eigenvalue weighted by Crippen LogP contribution is -2.40. The molecule has 0 fully saturated rings. The molecule has 26 heavy (non-hydrogen) atoms. The van der Waals surface area contributed by atoms with Gasteiger partial charge in [-0.1, -0.05) is 29.3 Å². The number of alkyl halides is 1. The molecule has 0 saturated heterocycles. The Morgan fingerprint density at radius 1 is 1.19 bits per heavy atom. The summed E-state index contributed by atoms with van der Waals surface area (Å²) < 4.78 is 21.3. The van der Waals surface area contributed by atoms with Crippen molar-refractivity contribution >= 4 is 23.2 Å². The van der Waals surface area contributed by atoms with Gasteiger partial charge in [-0.3, -0.25) is 0 Å². The maximum Gasteiger partial charge on any atom is 0.141 e. The van der Waals surface area contributed by atoms with Gasteiger partial charge in [0, 0.05) is 10.6 Å². The number of aromatic nitrogens is 3. The molecule has 136 valence electrons. The summed E-state index contributed by atoms with van der Waals surface area (Å²) in [6.07, 6.45) is 1.13. The van der Waals surface area contributed by atoms with Crippen LogP contribution in [0.4, 0.5) is 4.39 Å². The second-order valence-corrected chi connectivity index (χ2v) is 6.67. The number of ether oxygens (including phenoxy) is 1. The highest BCUT2D eigenvalue weighted by Gasteiger charge is 2.39. The summed E-state index contributed by atoms with van der Waals surface area (Å²) in [5, 5.41) is 15.6. The first-order valence-corrected chi connectivity index (χ1v) is 8.56. The van der Waals surface area contributed by atoms with Gasteiger partial charge in [-0.15, -0.1) is 0 Å². The summed E-state index contributed by atoms with van der Waals surface area (Å²) in [5.41, 5.74) is -1.61. The monoisotopic (exact) mass is 395 g/mol. The topological polar surface area (TPSA) is 60.2 Å². The zero-order chi connectivity index (χ0) is 18.7. The molecule has 0 spiro atoms. The van der Waals surface area contributed by atoms with Crippen LogP contribution in [0.2, 0.25) is 10.0 Å². The summed E-state index contributed by atoms with van der Waals surface area (Å²) in [6.45, 7) is 1.15.